The predicted octanol–water partition coefficient (Wildman–Crippen LogP) is 1.44. The van der Waals surface area contributed by atoms with Crippen LogP contribution in [0.15, 0.2) is 12.3 Å². The van der Waals surface area contributed by atoms with Crippen molar-refractivity contribution in [3.8, 4) is 5.75 Å². The Morgan fingerprint density at radius 2 is 2.00 bits per heavy atom. The van der Waals surface area contributed by atoms with Gasteiger partial charge in [0.25, 0.3) is 0 Å². The van der Waals surface area contributed by atoms with Gasteiger partial charge in [0.05, 0.1) is 11.0 Å². The van der Waals surface area contributed by atoms with Crippen molar-refractivity contribution in [2.24, 2.45) is 0 Å². The summed E-state index contributed by atoms with van der Waals surface area (Å²) in [4.78, 5) is 22.9. The van der Waals surface area contributed by atoms with Crippen LogP contribution < -0.4 is 4.74 Å². The summed E-state index contributed by atoms with van der Waals surface area (Å²) in [6.45, 7) is 0. The number of rotatable bonds is 4. The second-order valence-electron chi connectivity index (χ2n) is 3.31. The Morgan fingerprint density at radius 3 is 2.50 bits per heavy atom. The molecule has 0 bridgehead atoms. The summed E-state index contributed by atoms with van der Waals surface area (Å²) >= 11 is 0. The van der Waals surface area contributed by atoms with E-state index >= 15 is 0 Å². The molecule has 1 aliphatic rings. The van der Waals surface area contributed by atoms with E-state index in [-0.39, 0.29) is 11.9 Å². The second kappa shape index (κ2) is 3.72. The maximum atomic E-state index is 10.7. The number of hydrogen-bond acceptors (Lipinski definition) is 6. The van der Waals surface area contributed by atoms with E-state index in [9.17, 15) is 20.2 Å². The molecule has 0 aliphatic heterocycles. The lowest BCUT2D eigenvalue weighted by molar-refractivity contribution is -0.426. The van der Waals surface area contributed by atoms with Crippen LogP contribution in [0.3, 0.4) is 0 Å². The fourth-order valence-electron chi connectivity index (χ4n) is 1.19. The van der Waals surface area contributed by atoms with E-state index < -0.39 is 21.4 Å². The quantitative estimate of drug-likeness (QED) is 0.566. The Kier molecular flexibility index (Phi) is 2.39. The number of pyridine rings is 1. The largest absolute Gasteiger partial charge is 0.483 e. The molecule has 1 aromatic heterocycles. The maximum Gasteiger partial charge on any atom is 0.446 e. The molecule has 0 spiro atoms. The van der Waals surface area contributed by atoms with Crippen molar-refractivity contribution in [2.75, 3.05) is 0 Å². The molecule has 1 saturated carbocycles. The summed E-state index contributed by atoms with van der Waals surface area (Å²) in [7, 11) is 0. The van der Waals surface area contributed by atoms with Gasteiger partial charge >= 0.3 is 11.5 Å². The summed E-state index contributed by atoms with van der Waals surface area (Å²) in [6.07, 6.45) is 2.68. The van der Waals surface area contributed by atoms with E-state index in [0.717, 1.165) is 19.0 Å². The maximum absolute atomic E-state index is 10.7. The first-order valence-corrected chi connectivity index (χ1v) is 4.54. The zero-order valence-electron chi connectivity index (χ0n) is 8.03. The lowest BCUT2D eigenvalue weighted by atomic mass is 10.3. The lowest BCUT2D eigenvalue weighted by Crippen LogP contribution is -2.04. The van der Waals surface area contributed by atoms with E-state index in [0.29, 0.717) is 0 Å². The Hall–Kier alpha value is -2.25. The monoisotopic (exact) mass is 225 g/mol. The SMILES string of the molecule is O=[N+]([O-])c1nccc(OC2CC2)c1[N+](=O)[O-]. The van der Waals surface area contributed by atoms with E-state index in [1.165, 1.54) is 6.07 Å². The molecule has 1 fully saturated rings. The fraction of sp³-hybridized carbons (Fsp3) is 0.375. The van der Waals surface area contributed by atoms with Crippen LogP contribution in [0.25, 0.3) is 0 Å². The van der Waals surface area contributed by atoms with Crippen LogP contribution in [-0.4, -0.2) is 20.9 Å². The Morgan fingerprint density at radius 1 is 1.31 bits per heavy atom. The van der Waals surface area contributed by atoms with E-state index in [1.807, 2.05) is 0 Å². The van der Waals surface area contributed by atoms with Gasteiger partial charge in [-0.15, -0.1) is 0 Å². The molecule has 8 heteroatoms. The van der Waals surface area contributed by atoms with Gasteiger partial charge in [-0.25, -0.2) is 0 Å². The van der Waals surface area contributed by atoms with Gasteiger partial charge in [-0.05, 0) is 22.7 Å². The van der Waals surface area contributed by atoms with Gasteiger partial charge < -0.3 is 14.9 Å². The van der Waals surface area contributed by atoms with Crippen LogP contribution in [0.5, 0.6) is 5.75 Å². The number of ether oxygens (including phenoxy) is 1. The van der Waals surface area contributed by atoms with E-state index in [2.05, 4.69) is 4.98 Å². The fourth-order valence-corrected chi connectivity index (χ4v) is 1.19. The summed E-state index contributed by atoms with van der Waals surface area (Å²) in [6, 6.07) is 1.27. The number of nitro groups is 2. The number of hydrogen-bond donors (Lipinski definition) is 0. The Labute approximate surface area is 89.2 Å². The third kappa shape index (κ3) is 1.90. The molecule has 1 aliphatic carbocycles. The molecule has 84 valence electrons. The van der Waals surface area contributed by atoms with Crippen LogP contribution in [0.4, 0.5) is 11.5 Å². The third-order valence-electron chi connectivity index (χ3n) is 2.04. The van der Waals surface area contributed by atoms with Gasteiger partial charge in [-0.2, -0.15) is 0 Å². The molecule has 2 rings (SSSR count). The van der Waals surface area contributed by atoms with E-state index in [4.69, 9.17) is 4.74 Å². The first-order valence-electron chi connectivity index (χ1n) is 4.54. The Bertz CT molecular complexity index is 457. The zero-order valence-corrected chi connectivity index (χ0v) is 8.03. The minimum Gasteiger partial charge on any atom is -0.483 e. The molecule has 16 heavy (non-hydrogen) atoms. The highest BCUT2D eigenvalue weighted by molar-refractivity contribution is 5.57. The summed E-state index contributed by atoms with van der Waals surface area (Å²) in [5.41, 5.74) is -0.681. The van der Waals surface area contributed by atoms with Crippen molar-refractivity contribution in [1.82, 2.24) is 4.98 Å². The highest BCUT2D eigenvalue weighted by Crippen LogP contribution is 2.37. The molecule has 0 radical (unpaired) electrons. The van der Waals surface area contributed by atoms with Crippen molar-refractivity contribution in [3.63, 3.8) is 0 Å². The van der Waals surface area contributed by atoms with Gasteiger partial charge in [-0.1, -0.05) is 0 Å². The zero-order chi connectivity index (χ0) is 11.7. The molecule has 0 aromatic carbocycles. The van der Waals surface area contributed by atoms with Gasteiger partial charge in [0.15, 0.2) is 0 Å². The molecule has 0 amide bonds. The third-order valence-corrected chi connectivity index (χ3v) is 2.04. The van der Waals surface area contributed by atoms with E-state index in [1.54, 1.807) is 0 Å². The number of aromatic nitrogens is 1. The molecule has 0 unspecified atom stereocenters. The second-order valence-corrected chi connectivity index (χ2v) is 3.31. The van der Waals surface area contributed by atoms with Crippen LogP contribution >= 0.6 is 0 Å². The van der Waals surface area contributed by atoms with Gasteiger partial charge in [0, 0.05) is 6.07 Å². The molecular weight excluding hydrogens is 218 g/mol. The van der Waals surface area contributed by atoms with Crippen molar-refractivity contribution >= 4 is 11.5 Å². The lowest BCUT2D eigenvalue weighted by Gasteiger charge is -2.03. The smallest absolute Gasteiger partial charge is 0.446 e. The van der Waals surface area contributed by atoms with Crippen LogP contribution in [0.2, 0.25) is 0 Å². The summed E-state index contributed by atoms with van der Waals surface area (Å²) < 4.78 is 5.22. The summed E-state index contributed by atoms with van der Waals surface area (Å²) in [5, 5.41) is 21.3. The highest BCUT2D eigenvalue weighted by Gasteiger charge is 2.34. The van der Waals surface area contributed by atoms with Gasteiger partial charge in [-0.3, -0.25) is 10.1 Å². The van der Waals surface area contributed by atoms with Crippen molar-refractivity contribution in [3.05, 3.63) is 32.5 Å². The predicted molar refractivity (Wildman–Crippen MR) is 51.2 cm³/mol. The number of nitrogens with zero attached hydrogens (tertiary/aromatic N) is 3. The molecule has 0 saturated heterocycles. The van der Waals surface area contributed by atoms with Crippen molar-refractivity contribution in [1.29, 1.82) is 0 Å². The Balaban J connectivity index is 2.45. The minimum atomic E-state index is -0.891. The first-order chi connectivity index (χ1) is 7.59. The first kappa shape index (κ1) is 10.3. The van der Waals surface area contributed by atoms with Crippen LogP contribution in [0.1, 0.15) is 12.8 Å². The molecule has 8 nitrogen and oxygen atoms in total. The average Bonchev–Trinajstić information content (AvgIpc) is 3.00. The molecule has 1 heterocycles. The van der Waals surface area contributed by atoms with Gasteiger partial charge in [0.2, 0.25) is 5.75 Å². The topological polar surface area (TPSA) is 108 Å². The highest BCUT2D eigenvalue weighted by atomic mass is 16.6. The molecule has 0 N–H and O–H groups in total. The molecule has 1 aromatic rings. The average molecular weight is 225 g/mol. The van der Waals surface area contributed by atoms with Crippen LogP contribution in [-0.2, 0) is 0 Å². The summed E-state index contributed by atoms with van der Waals surface area (Å²) in [5.74, 6) is -0.877. The van der Waals surface area contributed by atoms with Crippen molar-refractivity contribution in [2.45, 2.75) is 18.9 Å². The van der Waals surface area contributed by atoms with Crippen LogP contribution in [0, 0.1) is 20.2 Å². The molecule has 0 atom stereocenters. The molecular formula is C8H7N3O5. The van der Waals surface area contributed by atoms with Gasteiger partial charge in [0.1, 0.15) is 6.20 Å². The minimum absolute atomic E-state index is 0.0688. The normalized spacial score (nSPS) is 14.5. The standard InChI is InChI=1S/C8H7N3O5/c12-10(13)7-6(16-5-1-2-5)3-4-9-8(7)11(14)15/h3-5H,1-2H2. The van der Waals surface area contributed by atoms with Crippen molar-refractivity contribution < 1.29 is 14.6 Å².